The summed E-state index contributed by atoms with van der Waals surface area (Å²) in [6.45, 7) is 4.88. The summed E-state index contributed by atoms with van der Waals surface area (Å²) in [7, 11) is 1.65. The van der Waals surface area contributed by atoms with Crippen molar-refractivity contribution in [2.75, 3.05) is 33.4 Å². The smallest absolute Gasteiger partial charge is 0.328 e. The number of likely N-dealkylation sites (tertiary alicyclic amines) is 1. The number of nitrogens with zero attached hydrogens (tertiary/aromatic N) is 4. The summed E-state index contributed by atoms with van der Waals surface area (Å²) in [4.78, 5) is 26.3. The second kappa shape index (κ2) is 9.19. The molecule has 3 heterocycles. The summed E-state index contributed by atoms with van der Waals surface area (Å²) in [5.74, 6) is 0. The van der Waals surface area contributed by atoms with Crippen molar-refractivity contribution in [2.45, 2.75) is 32.4 Å². The van der Waals surface area contributed by atoms with E-state index in [9.17, 15) is 4.79 Å². The summed E-state index contributed by atoms with van der Waals surface area (Å²) < 4.78 is 12.2. The molecular formula is C21H27N5O3. The molecule has 29 heavy (non-hydrogen) atoms. The Labute approximate surface area is 169 Å². The van der Waals surface area contributed by atoms with E-state index in [1.54, 1.807) is 17.9 Å². The number of H-pyrrole nitrogens is 1. The van der Waals surface area contributed by atoms with Crippen LogP contribution < -0.4 is 10.4 Å². The molecule has 2 aromatic heterocycles. The van der Waals surface area contributed by atoms with Gasteiger partial charge in [-0.1, -0.05) is 24.3 Å². The number of methoxy groups -OCH3 is 1. The van der Waals surface area contributed by atoms with Crippen molar-refractivity contribution in [3.63, 3.8) is 0 Å². The van der Waals surface area contributed by atoms with Gasteiger partial charge in [0, 0.05) is 26.7 Å². The van der Waals surface area contributed by atoms with Gasteiger partial charge in [0.2, 0.25) is 0 Å². The average molecular weight is 397 g/mol. The number of benzene rings is 1. The van der Waals surface area contributed by atoms with Crippen molar-refractivity contribution in [3.05, 3.63) is 52.1 Å². The van der Waals surface area contributed by atoms with Gasteiger partial charge < -0.3 is 14.5 Å². The van der Waals surface area contributed by atoms with E-state index in [0.29, 0.717) is 30.9 Å². The van der Waals surface area contributed by atoms with Crippen LogP contribution in [-0.2, 0) is 17.8 Å². The summed E-state index contributed by atoms with van der Waals surface area (Å²) in [6, 6.07) is 8.72. The highest BCUT2D eigenvalue weighted by Crippen LogP contribution is 2.15. The third-order valence-electron chi connectivity index (χ3n) is 5.18. The second-order valence-electron chi connectivity index (χ2n) is 7.40. The van der Waals surface area contributed by atoms with Crippen LogP contribution in [0, 0.1) is 0 Å². The highest BCUT2D eigenvalue weighted by Gasteiger charge is 2.13. The topological polar surface area (TPSA) is 85.3 Å². The van der Waals surface area contributed by atoms with Crippen LogP contribution in [0.2, 0.25) is 0 Å². The lowest BCUT2D eigenvalue weighted by atomic mass is 10.1. The maximum absolute atomic E-state index is 12.4. The van der Waals surface area contributed by atoms with Gasteiger partial charge in [0.1, 0.15) is 5.52 Å². The molecule has 0 bridgehead atoms. The van der Waals surface area contributed by atoms with Crippen molar-refractivity contribution in [3.8, 4) is 6.01 Å². The van der Waals surface area contributed by atoms with Crippen LogP contribution in [0.25, 0.3) is 11.2 Å². The molecule has 0 amide bonds. The van der Waals surface area contributed by atoms with Crippen LogP contribution in [0.4, 0.5) is 0 Å². The van der Waals surface area contributed by atoms with Crippen molar-refractivity contribution >= 4 is 11.2 Å². The molecule has 1 fully saturated rings. The molecule has 4 rings (SSSR count). The van der Waals surface area contributed by atoms with E-state index in [1.165, 1.54) is 31.5 Å². The molecule has 0 spiro atoms. The second-order valence-corrected chi connectivity index (χ2v) is 7.40. The Morgan fingerprint density at radius 3 is 2.52 bits per heavy atom. The van der Waals surface area contributed by atoms with E-state index in [-0.39, 0.29) is 11.7 Å². The molecule has 1 saturated heterocycles. The molecule has 1 aliphatic heterocycles. The predicted octanol–water partition coefficient (Wildman–Crippen LogP) is 2.18. The van der Waals surface area contributed by atoms with Crippen LogP contribution in [0.3, 0.4) is 0 Å². The summed E-state index contributed by atoms with van der Waals surface area (Å²) in [5.41, 5.74) is 3.31. The lowest BCUT2D eigenvalue weighted by Gasteiger charge is -2.14. The third-order valence-corrected chi connectivity index (χ3v) is 5.18. The van der Waals surface area contributed by atoms with Gasteiger partial charge in [-0.2, -0.15) is 4.98 Å². The molecule has 154 valence electrons. The Kier molecular flexibility index (Phi) is 6.21. The molecule has 0 unspecified atom stereocenters. The molecule has 1 N–H and O–H groups in total. The summed E-state index contributed by atoms with van der Waals surface area (Å²) in [6.07, 6.45) is 4.93. The number of aromatic nitrogens is 4. The van der Waals surface area contributed by atoms with Gasteiger partial charge in [-0.15, -0.1) is 0 Å². The van der Waals surface area contributed by atoms with Gasteiger partial charge in [-0.3, -0.25) is 9.47 Å². The number of imidazole rings is 1. The molecule has 0 atom stereocenters. The molecule has 0 aliphatic carbocycles. The number of ether oxygens (including phenoxy) is 2. The van der Waals surface area contributed by atoms with E-state index >= 15 is 0 Å². The number of aromatic amines is 1. The molecule has 3 aromatic rings. The molecule has 1 aromatic carbocycles. The van der Waals surface area contributed by atoms with Gasteiger partial charge in [-0.25, -0.2) is 9.78 Å². The minimum Gasteiger partial charge on any atom is -0.463 e. The predicted molar refractivity (Wildman–Crippen MR) is 110 cm³/mol. The van der Waals surface area contributed by atoms with Crippen LogP contribution in [0.15, 0.2) is 35.3 Å². The Morgan fingerprint density at radius 2 is 1.79 bits per heavy atom. The highest BCUT2D eigenvalue weighted by atomic mass is 16.5. The number of hydrogen-bond acceptors (Lipinski definition) is 6. The number of hydrogen-bond donors (Lipinski definition) is 1. The fourth-order valence-electron chi connectivity index (χ4n) is 3.64. The number of fused-ring (bicyclic) bond motifs is 1. The average Bonchev–Trinajstić information content (AvgIpc) is 3.35. The zero-order valence-electron chi connectivity index (χ0n) is 16.8. The first-order valence-corrected chi connectivity index (χ1v) is 10.1. The van der Waals surface area contributed by atoms with E-state index in [4.69, 9.17) is 9.47 Å². The Hall–Kier alpha value is -2.71. The SMILES string of the molecule is COCCCOc1ncc2[nH]c(=O)n(Cc3ccc(CN4CCCC4)cc3)c2n1. The summed E-state index contributed by atoms with van der Waals surface area (Å²) in [5, 5.41) is 0. The Morgan fingerprint density at radius 1 is 1.07 bits per heavy atom. The first-order valence-electron chi connectivity index (χ1n) is 10.1. The zero-order chi connectivity index (χ0) is 20.1. The van der Waals surface area contributed by atoms with Crippen LogP contribution in [-0.4, -0.2) is 57.8 Å². The monoisotopic (exact) mass is 397 g/mol. The van der Waals surface area contributed by atoms with Crippen molar-refractivity contribution in [1.29, 1.82) is 0 Å². The lowest BCUT2D eigenvalue weighted by molar-refractivity contribution is 0.169. The number of rotatable bonds is 9. The third kappa shape index (κ3) is 4.83. The van der Waals surface area contributed by atoms with E-state index < -0.39 is 0 Å². The first-order chi connectivity index (χ1) is 14.2. The highest BCUT2D eigenvalue weighted by molar-refractivity contribution is 5.69. The van der Waals surface area contributed by atoms with Gasteiger partial charge in [0.15, 0.2) is 5.65 Å². The molecule has 8 nitrogen and oxygen atoms in total. The van der Waals surface area contributed by atoms with Crippen molar-refractivity contribution in [1.82, 2.24) is 24.4 Å². The van der Waals surface area contributed by atoms with Crippen molar-refractivity contribution in [2.24, 2.45) is 0 Å². The maximum Gasteiger partial charge on any atom is 0.328 e. The van der Waals surface area contributed by atoms with Gasteiger partial charge in [0.25, 0.3) is 0 Å². The van der Waals surface area contributed by atoms with E-state index in [1.807, 2.05) is 0 Å². The minimum atomic E-state index is -0.202. The van der Waals surface area contributed by atoms with E-state index in [2.05, 4.69) is 44.1 Å². The fourth-order valence-corrected chi connectivity index (χ4v) is 3.64. The first kappa shape index (κ1) is 19.6. The van der Waals surface area contributed by atoms with E-state index in [0.717, 1.165) is 18.5 Å². The lowest BCUT2D eigenvalue weighted by Crippen LogP contribution is -2.19. The van der Waals surface area contributed by atoms with Crippen LogP contribution in [0.1, 0.15) is 30.4 Å². The fraction of sp³-hybridized carbons (Fsp3) is 0.476. The Bertz CT molecular complexity index is 990. The normalized spacial score (nSPS) is 14.7. The maximum atomic E-state index is 12.4. The Balaban J connectivity index is 1.47. The summed E-state index contributed by atoms with van der Waals surface area (Å²) >= 11 is 0. The standard InChI is InChI=1S/C21H27N5O3/c1-28-11-4-12-29-20-22-13-18-19(24-20)26(21(27)23-18)15-17-7-5-16(6-8-17)14-25-9-2-3-10-25/h5-8,13H,2-4,9-12,14-15H2,1H3,(H,23,27). The largest absolute Gasteiger partial charge is 0.463 e. The van der Waals surface area contributed by atoms with Crippen LogP contribution in [0.5, 0.6) is 6.01 Å². The molecule has 0 radical (unpaired) electrons. The number of nitrogens with one attached hydrogen (secondary N) is 1. The van der Waals surface area contributed by atoms with Crippen molar-refractivity contribution < 1.29 is 9.47 Å². The van der Waals surface area contributed by atoms with Gasteiger partial charge in [-0.05, 0) is 37.1 Å². The van der Waals surface area contributed by atoms with Gasteiger partial charge >= 0.3 is 11.7 Å². The van der Waals surface area contributed by atoms with Gasteiger partial charge in [0.05, 0.1) is 19.3 Å². The molecule has 0 saturated carbocycles. The molecular weight excluding hydrogens is 370 g/mol. The minimum absolute atomic E-state index is 0.202. The van der Waals surface area contributed by atoms with Crippen LogP contribution >= 0.6 is 0 Å². The molecule has 1 aliphatic rings. The quantitative estimate of drug-likeness (QED) is 0.557. The molecule has 8 heteroatoms. The zero-order valence-corrected chi connectivity index (χ0v) is 16.8.